The number of nitrogens with one attached hydrogen (secondary N) is 2. The highest BCUT2D eigenvalue weighted by molar-refractivity contribution is 7.86. The summed E-state index contributed by atoms with van der Waals surface area (Å²) in [6, 6.07) is 3.64. The second-order valence-corrected chi connectivity index (χ2v) is 3.80. The van der Waals surface area contributed by atoms with Gasteiger partial charge in [0, 0.05) is 12.7 Å². The molecule has 0 aliphatic rings. The van der Waals surface area contributed by atoms with Crippen LogP contribution in [0.2, 0.25) is 0 Å². The Morgan fingerprint density at radius 2 is 2.46 bits per heavy atom. The first-order valence-corrected chi connectivity index (χ1v) is 5.34. The zero-order chi connectivity index (χ0) is 9.52. The molecule has 0 radical (unpaired) electrons. The quantitative estimate of drug-likeness (QED) is 0.720. The van der Waals surface area contributed by atoms with Gasteiger partial charge in [-0.2, -0.15) is 0 Å². The first-order valence-electron chi connectivity index (χ1n) is 4.02. The van der Waals surface area contributed by atoms with E-state index in [4.69, 9.17) is 0 Å². The first-order chi connectivity index (χ1) is 6.33. The molecular formula is C8H13N3OS. The molecule has 13 heavy (non-hydrogen) atoms. The lowest BCUT2D eigenvalue weighted by atomic mass is 10.4. The minimum Gasteiger partial charge on any atom is -0.319 e. The predicted octanol–water partition coefficient (Wildman–Crippen LogP) is 0.377. The van der Waals surface area contributed by atoms with Crippen molar-refractivity contribution >= 4 is 16.7 Å². The Morgan fingerprint density at radius 1 is 1.62 bits per heavy atom. The van der Waals surface area contributed by atoms with Crippen molar-refractivity contribution in [3.05, 3.63) is 24.5 Å². The van der Waals surface area contributed by atoms with Crippen molar-refractivity contribution in [2.45, 2.75) is 0 Å². The fraction of sp³-hybridized carbons (Fsp3) is 0.375. The van der Waals surface area contributed by atoms with E-state index in [9.17, 15) is 4.21 Å². The normalized spacial score (nSPS) is 12.4. The summed E-state index contributed by atoms with van der Waals surface area (Å²) in [6.07, 6.45) is 3.33. The first kappa shape index (κ1) is 10.1. The van der Waals surface area contributed by atoms with E-state index in [0.29, 0.717) is 5.75 Å². The van der Waals surface area contributed by atoms with Gasteiger partial charge in [0.1, 0.15) is 11.0 Å². The number of nitrogens with zero attached hydrogens (tertiary/aromatic N) is 1. The molecule has 0 aliphatic carbocycles. The molecule has 0 spiro atoms. The Balaban J connectivity index is 2.37. The van der Waals surface area contributed by atoms with E-state index in [1.54, 1.807) is 18.5 Å². The van der Waals surface area contributed by atoms with E-state index in [1.807, 2.05) is 13.1 Å². The number of pyridine rings is 1. The lowest BCUT2D eigenvalue weighted by Crippen LogP contribution is -2.19. The number of anilines is 1. The van der Waals surface area contributed by atoms with Gasteiger partial charge in [-0.1, -0.05) is 0 Å². The Bertz CT molecular complexity index is 265. The SMILES string of the molecule is CNCCS(=O)Nc1cccnc1. The van der Waals surface area contributed by atoms with Gasteiger partial charge < -0.3 is 10.0 Å². The van der Waals surface area contributed by atoms with Crippen LogP contribution in [0.3, 0.4) is 0 Å². The highest BCUT2D eigenvalue weighted by atomic mass is 32.2. The zero-order valence-electron chi connectivity index (χ0n) is 7.49. The maximum atomic E-state index is 11.3. The molecule has 4 nitrogen and oxygen atoms in total. The molecule has 0 aliphatic heterocycles. The van der Waals surface area contributed by atoms with Gasteiger partial charge in [0.15, 0.2) is 0 Å². The van der Waals surface area contributed by atoms with Crippen LogP contribution >= 0.6 is 0 Å². The molecule has 1 unspecified atom stereocenters. The van der Waals surface area contributed by atoms with Crippen molar-refractivity contribution < 1.29 is 4.21 Å². The van der Waals surface area contributed by atoms with Gasteiger partial charge in [0.2, 0.25) is 0 Å². The number of aromatic nitrogens is 1. The van der Waals surface area contributed by atoms with E-state index in [1.165, 1.54) is 0 Å². The van der Waals surface area contributed by atoms with Crippen molar-refractivity contribution in [1.82, 2.24) is 10.3 Å². The maximum Gasteiger partial charge on any atom is 0.118 e. The van der Waals surface area contributed by atoms with Gasteiger partial charge in [-0.15, -0.1) is 0 Å². The van der Waals surface area contributed by atoms with Crippen LogP contribution in [-0.2, 0) is 11.0 Å². The molecule has 72 valence electrons. The summed E-state index contributed by atoms with van der Waals surface area (Å²) < 4.78 is 14.1. The number of hydrogen-bond acceptors (Lipinski definition) is 3. The van der Waals surface area contributed by atoms with Crippen molar-refractivity contribution in [3.8, 4) is 0 Å². The average molecular weight is 199 g/mol. The van der Waals surface area contributed by atoms with Crippen molar-refractivity contribution in [1.29, 1.82) is 0 Å². The Hall–Kier alpha value is -0.940. The van der Waals surface area contributed by atoms with E-state index < -0.39 is 11.0 Å². The van der Waals surface area contributed by atoms with Crippen molar-refractivity contribution in [2.24, 2.45) is 0 Å². The summed E-state index contributed by atoms with van der Waals surface area (Å²) in [7, 11) is 0.811. The van der Waals surface area contributed by atoms with Gasteiger partial charge in [0.05, 0.1) is 17.6 Å². The van der Waals surface area contributed by atoms with Crippen LogP contribution in [0.1, 0.15) is 0 Å². The van der Waals surface area contributed by atoms with Crippen LogP contribution in [0.5, 0.6) is 0 Å². The molecule has 1 heterocycles. The van der Waals surface area contributed by atoms with Crippen molar-refractivity contribution in [2.75, 3.05) is 24.1 Å². The fourth-order valence-electron chi connectivity index (χ4n) is 0.800. The lowest BCUT2D eigenvalue weighted by Gasteiger charge is -2.04. The fourth-order valence-corrected chi connectivity index (χ4v) is 1.68. The molecule has 1 atom stereocenters. The van der Waals surface area contributed by atoms with E-state index in [-0.39, 0.29) is 0 Å². The van der Waals surface area contributed by atoms with Crippen LogP contribution in [-0.4, -0.2) is 28.5 Å². The molecule has 0 aromatic carbocycles. The molecule has 2 N–H and O–H groups in total. The molecule has 0 fully saturated rings. The van der Waals surface area contributed by atoms with Gasteiger partial charge in [-0.25, -0.2) is 4.21 Å². The van der Waals surface area contributed by atoms with E-state index in [2.05, 4.69) is 15.0 Å². The van der Waals surface area contributed by atoms with Crippen LogP contribution in [0.15, 0.2) is 24.5 Å². The smallest absolute Gasteiger partial charge is 0.118 e. The van der Waals surface area contributed by atoms with E-state index in [0.717, 1.165) is 12.2 Å². The highest BCUT2D eigenvalue weighted by Crippen LogP contribution is 2.03. The molecule has 1 aromatic rings. The predicted molar refractivity (Wildman–Crippen MR) is 54.8 cm³/mol. The second kappa shape index (κ2) is 5.66. The van der Waals surface area contributed by atoms with E-state index >= 15 is 0 Å². The van der Waals surface area contributed by atoms with Crippen LogP contribution in [0, 0.1) is 0 Å². The summed E-state index contributed by atoms with van der Waals surface area (Å²) in [5, 5.41) is 2.94. The minimum atomic E-state index is -1.02. The summed E-state index contributed by atoms with van der Waals surface area (Å²) >= 11 is 0. The molecule has 1 rings (SSSR count). The third kappa shape index (κ3) is 4.00. The van der Waals surface area contributed by atoms with Crippen LogP contribution < -0.4 is 10.0 Å². The molecule has 0 saturated carbocycles. The molecular weight excluding hydrogens is 186 g/mol. The Labute approximate surface area is 80.4 Å². The standard InChI is InChI=1S/C8H13N3OS/c1-9-5-6-13(12)11-8-3-2-4-10-7-8/h2-4,7,9,11H,5-6H2,1H3. The third-order valence-electron chi connectivity index (χ3n) is 1.43. The summed E-state index contributed by atoms with van der Waals surface area (Å²) in [5.41, 5.74) is 0.789. The van der Waals surface area contributed by atoms with Gasteiger partial charge in [0.25, 0.3) is 0 Å². The second-order valence-electron chi connectivity index (χ2n) is 2.50. The maximum absolute atomic E-state index is 11.3. The molecule has 0 amide bonds. The lowest BCUT2D eigenvalue weighted by molar-refractivity contribution is 0.683. The minimum absolute atomic E-state index is 0.589. The van der Waals surface area contributed by atoms with Crippen LogP contribution in [0.4, 0.5) is 5.69 Å². The molecule has 5 heteroatoms. The van der Waals surface area contributed by atoms with Gasteiger partial charge >= 0.3 is 0 Å². The Kier molecular flexibility index (Phi) is 4.42. The summed E-state index contributed by atoms with van der Waals surface area (Å²) in [6.45, 7) is 0.736. The third-order valence-corrected chi connectivity index (χ3v) is 2.47. The summed E-state index contributed by atoms with van der Waals surface area (Å²) in [5.74, 6) is 0.589. The monoisotopic (exact) mass is 199 g/mol. The van der Waals surface area contributed by atoms with Crippen molar-refractivity contribution in [3.63, 3.8) is 0 Å². The zero-order valence-corrected chi connectivity index (χ0v) is 8.30. The van der Waals surface area contributed by atoms with Gasteiger partial charge in [-0.3, -0.25) is 4.98 Å². The molecule has 1 aromatic heterocycles. The molecule has 0 saturated heterocycles. The molecule has 0 bridgehead atoms. The summed E-state index contributed by atoms with van der Waals surface area (Å²) in [4.78, 5) is 3.91. The van der Waals surface area contributed by atoms with Crippen LogP contribution in [0.25, 0.3) is 0 Å². The largest absolute Gasteiger partial charge is 0.319 e. The van der Waals surface area contributed by atoms with Gasteiger partial charge in [-0.05, 0) is 19.2 Å². The average Bonchev–Trinajstić information content (AvgIpc) is 2.16. The highest BCUT2D eigenvalue weighted by Gasteiger charge is 1.97. The number of hydrogen-bond donors (Lipinski definition) is 2. The number of rotatable bonds is 5. The topological polar surface area (TPSA) is 54.0 Å². The Morgan fingerprint density at radius 3 is 3.08 bits per heavy atom.